The molecule has 0 bridgehead atoms. The van der Waals surface area contributed by atoms with Crippen molar-refractivity contribution < 1.29 is 9.53 Å². The third kappa shape index (κ3) is 2.14. The van der Waals surface area contributed by atoms with Gasteiger partial charge in [0.05, 0.1) is 5.57 Å². The van der Waals surface area contributed by atoms with Crippen molar-refractivity contribution in [2.75, 3.05) is 0 Å². The summed E-state index contributed by atoms with van der Waals surface area (Å²) >= 11 is 5.95. The Morgan fingerprint density at radius 3 is 2.80 bits per heavy atom. The molecule has 1 aliphatic rings. The fraction of sp³-hybridized carbons (Fsp3) is 0.0667. The molecule has 0 amide bonds. The third-order valence-electron chi connectivity index (χ3n) is 3.08. The van der Waals surface area contributed by atoms with Crippen LogP contribution in [0.15, 0.2) is 54.7 Å². The van der Waals surface area contributed by atoms with Crippen LogP contribution < -0.4 is 5.73 Å². The van der Waals surface area contributed by atoms with Crippen LogP contribution in [0.1, 0.15) is 17.2 Å². The number of nitrogens with zero attached hydrogens (tertiary/aromatic N) is 1. The number of hydrogen-bond donors (Lipinski definition) is 1. The van der Waals surface area contributed by atoms with E-state index < -0.39 is 6.10 Å². The zero-order valence-electron chi connectivity index (χ0n) is 10.4. The summed E-state index contributed by atoms with van der Waals surface area (Å²) in [6.07, 6.45) is 2.49. The molecule has 0 saturated carbocycles. The summed E-state index contributed by atoms with van der Waals surface area (Å²) in [7, 11) is 0. The number of benzene rings is 1. The second kappa shape index (κ2) is 4.98. The predicted molar refractivity (Wildman–Crippen MR) is 75.6 cm³/mol. The van der Waals surface area contributed by atoms with Gasteiger partial charge in [-0.1, -0.05) is 29.8 Å². The van der Waals surface area contributed by atoms with Crippen molar-refractivity contribution in [2.24, 2.45) is 5.73 Å². The molecule has 100 valence electrons. The van der Waals surface area contributed by atoms with E-state index >= 15 is 0 Å². The Kier molecular flexibility index (Phi) is 3.16. The van der Waals surface area contributed by atoms with Gasteiger partial charge < -0.3 is 10.5 Å². The number of carbonyl (C=O) groups is 1. The Morgan fingerprint density at radius 2 is 2.10 bits per heavy atom. The highest BCUT2D eigenvalue weighted by Crippen LogP contribution is 2.36. The van der Waals surface area contributed by atoms with Gasteiger partial charge in [-0.15, -0.1) is 0 Å². The van der Waals surface area contributed by atoms with Gasteiger partial charge >= 0.3 is 0 Å². The topological polar surface area (TPSA) is 65.2 Å². The first-order valence-corrected chi connectivity index (χ1v) is 6.41. The highest BCUT2D eigenvalue weighted by Gasteiger charge is 2.36. The Bertz CT molecular complexity index is 698. The summed E-state index contributed by atoms with van der Waals surface area (Å²) in [4.78, 5) is 16.5. The molecule has 4 nitrogen and oxygen atoms in total. The Hall–Kier alpha value is -2.33. The molecule has 0 saturated heterocycles. The lowest BCUT2D eigenvalue weighted by atomic mass is 9.98. The van der Waals surface area contributed by atoms with Gasteiger partial charge in [-0.3, -0.25) is 9.78 Å². The van der Waals surface area contributed by atoms with E-state index in [9.17, 15) is 4.79 Å². The lowest BCUT2D eigenvalue weighted by Gasteiger charge is -2.09. The van der Waals surface area contributed by atoms with Gasteiger partial charge in [0.1, 0.15) is 0 Å². The second-order valence-electron chi connectivity index (χ2n) is 4.40. The van der Waals surface area contributed by atoms with E-state index in [0.717, 1.165) is 0 Å². The molecule has 2 N–H and O–H groups in total. The molecular weight excluding hydrogens is 276 g/mol. The Labute approximate surface area is 120 Å². The standard InChI is InChI=1S/C15H11ClN2O2/c16-11-5-1-3-9(7-11)12-13(19)14(20-15(12)17)10-4-2-6-18-8-10/h1-8,14H,17H2. The van der Waals surface area contributed by atoms with Gasteiger partial charge in [-0.05, 0) is 23.8 Å². The molecule has 20 heavy (non-hydrogen) atoms. The van der Waals surface area contributed by atoms with E-state index in [1.165, 1.54) is 0 Å². The average molecular weight is 287 g/mol. The summed E-state index contributed by atoms with van der Waals surface area (Å²) in [5, 5.41) is 0.542. The number of ketones is 1. The van der Waals surface area contributed by atoms with Gasteiger partial charge in [0.15, 0.2) is 12.0 Å². The quantitative estimate of drug-likeness (QED) is 0.922. The van der Waals surface area contributed by atoms with Crippen molar-refractivity contribution in [1.29, 1.82) is 0 Å². The van der Waals surface area contributed by atoms with E-state index in [2.05, 4.69) is 4.98 Å². The van der Waals surface area contributed by atoms with Crippen LogP contribution in [-0.4, -0.2) is 10.8 Å². The molecule has 2 heterocycles. The first-order valence-electron chi connectivity index (χ1n) is 6.03. The number of rotatable bonds is 2. The van der Waals surface area contributed by atoms with E-state index in [4.69, 9.17) is 22.1 Å². The minimum atomic E-state index is -0.738. The minimum absolute atomic E-state index is 0.117. The number of halogens is 1. The van der Waals surface area contributed by atoms with E-state index in [1.54, 1.807) is 48.8 Å². The Balaban J connectivity index is 1.98. The molecule has 3 rings (SSSR count). The summed E-state index contributed by atoms with van der Waals surface area (Å²) in [5.74, 6) is -0.0658. The maximum absolute atomic E-state index is 12.5. The first-order chi connectivity index (χ1) is 9.66. The summed E-state index contributed by atoms with van der Waals surface area (Å²) in [6, 6.07) is 10.5. The fourth-order valence-electron chi connectivity index (χ4n) is 2.17. The SMILES string of the molecule is NC1=C(c2cccc(Cl)c2)C(=O)C(c2cccnc2)O1. The Morgan fingerprint density at radius 1 is 1.25 bits per heavy atom. The smallest absolute Gasteiger partial charge is 0.214 e. The lowest BCUT2D eigenvalue weighted by molar-refractivity contribution is -0.120. The van der Waals surface area contributed by atoms with Crippen LogP contribution in [0.4, 0.5) is 0 Å². The molecule has 0 spiro atoms. The summed E-state index contributed by atoms with van der Waals surface area (Å²) < 4.78 is 5.49. The van der Waals surface area contributed by atoms with Crippen LogP contribution in [-0.2, 0) is 9.53 Å². The number of carbonyl (C=O) groups excluding carboxylic acids is 1. The van der Waals surface area contributed by atoms with E-state index in [-0.39, 0.29) is 11.7 Å². The van der Waals surface area contributed by atoms with Crippen molar-refractivity contribution in [3.63, 3.8) is 0 Å². The lowest BCUT2D eigenvalue weighted by Crippen LogP contribution is -2.09. The van der Waals surface area contributed by atoms with Crippen molar-refractivity contribution in [1.82, 2.24) is 4.98 Å². The molecule has 0 radical (unpaired) electrons. The molecular formula is C15H11ClN2O2. The van der Waals surface area contributed by atoms with E-state index in [0.29, 0.717) is 21.7 Å². The molecule has 1 aromatic carbocycles. The summed E-state index contributed by atoms with van der Waals surface area (Å²) in [6.45, 7) is 0. The summed E-state index contributed by atoms with van der Waals surface area (Å²) in [5.41, 5.74) is 7.55. The zero-order chi connectivity index (χ0) is 14.1. The first kappa shape index (κ1) is 12.7. The maximum Gasteiger partial charge on any atom is 0.214 e. The number of ether oxygens (including phenoxy) is 1. The second-order valence-corrected chi connectivity index (χ2v) is 4.83. The number of pyridine rings is 1. The van der Waals surface area contributed by atoms with Crippen LogP contribution in [0.5, 0.6) is 0 Å². The number of Topliss-reactive ketones (excluding diaryl/α,β-unsaturated/α-hetero) is 1. The molecule has 1 aromatic heterocycles. The van der Waals surface area contributed by atoms with Gasteiger partial charge in [-0.2, -0.15) is 0 Å². The highest BCUT2D eigenvalue weighted by molar-refractivity contribution is 6.31. The van der Waals surface area contributed by atoms with Gasteiger partial charge in [0.25, 0.3) is 0 Å². The van der Waals surface area contributed by atoms with Crippen molar-refractivity contribution in [2.45, 2.75) is 6.10 Å². The zero-order valence-corrected chi connectivity index (χ0v) is 11.2. The molecule has 1 unspecified atom stereocenters. The van der Waals surface area contributed by atoms with Crippen LogP contribution in [0.25, 0.3) is 5.57 Å². The van der Waals surface area contributed by atoms with Crippen LogP contribution in [0.2, 0.25) is 5.02 Å². The minimum Gasteiger partial charge on any atom is -0.462 e. The van der Waals surface area contributed by atoms with Gasteiger partial charge in [0, 0.05) is 23.0 Å². The van der Waals surface area contributed by atoms with Crippen molar-refractivity contribution >= 4 is 23.0 Å². The van der Waals surface area contributed by atoms with Gasteiger partial charge in [0.2, 0.25) is 5.78 Å². The maximum atomic E-state index is 12.5. The average Bonchev–Trinajstić information content (AvgIpc) is 2.75. The van der Waals surface area contributed by atoms with Crippen molar-refractivity contribution in [3.8, 4) is 0 Å². The predicted octanol–water partition coefficient (Wildman–Crippen LogP) is 2.70. The monoisotopic (exact) mass is 286 g/mol. The highest BCUT2D eigenvalue weighted by atomic mass is 35.5. The molecule has 0 fully saturated rings. The van der Waals surface area contributed by atoms with Crippen molar-refractivity contribution in [3.05, 3.63) is 70.8 Å². The normalized spacial score (nSPS) is 18.2. The molecule has 5 heteroatoms. The number of aromatic nitrogens is 1. The number of hydrogen-bond acceptors (Lipinski definition) is 4. The molecule has 1 aliphatic heterocycles. The van der Waals surface area contributed by atoms with Gasteiger partial charge in [-0.25, -0.2) is 0 Å². The molecule has 0 aliphatic carbocycles. The largest absolute Gasteiger partial charge is 0.462 e. The molecule has 2 aromatic rings. The molecule has 1 atom stereocenters. The van der Waals surface area contributed by atoms with Crippen LogP contribution in [0, 0.1) is 0 Å². The number of nitrogens with two attached hydrogens (primary N) is 1. The van der Waals surface area contributed by atoms with Crippen LogP contribution in [0.3, 0.4) is 0 Å². The fourth-order valence-corrected chi connectivity index (χ4v) is 2.36. The third-order valence-corrected chi connectivity index (χ3v) is 3.31. The van der Waals surface area contributed by atoms with E-state index in [1.807, 2.05) is 0 Å². The van der Waals surface area contributed by atoms with Crippen LogP contribution >= 0.6 is 11.6 Å².